The maximum atomic E-state index is 13.6. The molecule has 0 unspecified atom stereocenters. The number of piperidine rings is 1. The molecule has 0 atom stereocenters. The first-order valence-electron chi connectivity index (χ1n) is 8.26. The number of sulfonamides is 1. The van der Waals surface area contributed by atoms with Gasteiger partial charge < -0.3 is 10.1 Å². The molecule has 1 aliphatic heterocycles. The lowest BCUT2D eigenvalue weighted by atomic mass is 9.92. The highest BCUT2D eigenvalue weighted by Crippen LogP contribution is 2.26. The highest BCUT2D eigenvalue weighted by Gasteiger charge is 2.37. The van der Waals surface area contributed by atoms with Crippen LogP contribution in [0.5, 0.6) is 0 Å². The number of aryl methyl sites for hydroxylation is 1. The van der Waals surface area contributed by atoms with Gasteiger partial charge in [0, 0.05) is 33.2 Å². The van der Waals surface area contributed by atoms with Crippen molar-refractivity contribution in [3.8, 4) is 0 Å². The third-order valence-electron chi connectivity index (χ3n) is 4.72. The van der Waals surface area contributed by atoms with Crippen LogP contribution in [-0.2, 0) is 26.0 Å². The number of hydrogen-bond acceptors (Lipinski definition) is 4. The van der Waals surface area contributed by atoms with E-state index in [4.69, 9.17) is 4.74 Å². The number of methoxy groups -OCH3 is 1. The number of carbonyl (C=O) groups is 1. The van der Waals surface area contributed by atoms with Gasteiger partial charge in [0.05, 0.1) is 11.9 Å². The van der Waals surface area contributed by atoms with Crippen LogP contribution >= 0.6 is 0 Å². The number of amides is 1. The van der Waals surface area contributed by atoms with E-state index in [1.807, 2.05) is 0 Å². The third-order valence-corrected chi connectivity index (χ3v) is 6.03. The molecular weight excluding hydrogens is 347 g/mol. The summed E-state index contributed by atoms with van der Waals surface area (Å²) in [5, 5.41) is 2.83. The number of nitrogens with one attached hydrogen (secondary N) is 1. The van der Waals surface area contributed by atoms with Gasteiger partial charge in [-0.05, 0) is 30.9 Å². The van der Waals surface area contributed by atoms with Gasteiger partial charge in [0.25, 0.3) is 0 Å². The highest BCUT2D eigenvalue weighted by molar-refractivity contribution is 7.88. The number of benzene rings is 1. The Balaban J connectivity index is 1.82. The van der Waals surface area contributed by atoms with Crippen LogP contribution in [0.25, 0.3) is 0 Å². The van der Waals surface area contributed by atoms with Crippen LogP contribution < -0.4 is 5.32 Å². The quantitative estimate of drug-likeness (QED) is 0.783. The fourth-order valence-corrected chi connectivity index (χ4v) is 3.82. The number of nitrogens with zero attached hydrogens (tertiary/aromatic N) is 1. The zero-order valence-corrected chi connectivity index (χ0v) is 15.4. The van der Waals surface area contributed by atoms with Gasteiger partial charge in [-0.15, -0.1) is 0 Å². The van der Waals surface area contributed by atoms with E-state index in [9.17, 15) is 17.6 Å². The molecule has 1 aromatic rings. The Morgan fingerprint density at radius 2 is 1.96 bits per heavy atom. The Morgan fingerprint density at radius 3 is 2.52 bits per heavy atom. The van der Waals surface area contributed by atoms with Crippen molar-refractivity contribution in [2.24, 2.45) is 0 Å². The van der Waals surface area contributed by atoms with Crippen LogP contribution in [0.3, 0.4) is 0 Å². The van der Waals surface area contributed by atoms with Gasteiger partial charge >= 0.3 is 0 Å². The van der Waals surface area contributed by atoms with E-state index in [1.54, 1.807) is 25.3 Å². The minimum atomic E-state index is -3.20. The molecule has 1 fully saturated rings. The molecule has 1 aliphatic rings. The molecule has 1 heterocycles. The van der Waals surface area contributed by atoms with E-state index >= 15 is 0 Å². The molecule has 1 saturated heterocycles. The van der Waals surface area contributed by atoms with E-state index in [1.165, 1.54) is 16.6 Å². The minimum absolute atomic E-state index is 0.176. The second-order valence-corrected chi connectivity index (χ2v) is 8.40. The van der Waals surface area contributed by atoms with Gasteiger partial charge in [-0.3, -0.25) is 4.79 Å². The zero-order chi connectivity index (χ0) is 18.5. The normalized spacial score (nSPS) is 18.0. The molecule has 140 valence electrons. The maximum absolute atomic E-state index is 13.6. The molecule has 0 aromatic heterocycles. The number of rotatable bonds is 7. The standard InChI is InChI=1S/C17H25FN2O4S/c1-24-17(9-11-20(12-10-17)25(2,22)23)13-19-16(21)8-7-14-5-3-4-6-15(14)18/h3-6H,7-13H2,1-2H3,(H,19,21). The fraction of sp³-hybridized carbons (Fsp3) is 0.588. The number of hydrogen-bond donors (Lipinski definition) is 1. The van der Waals surface area contributed by atoms with Gasteiger partial charge in [0.2, 0.25) is 15.9 Å². The van der Waals surface area contributed by atoms with Crippen LogP contribution in [0, 0.1) is 5.82 Å². The lowest BCUT2D eigenvalue weighted by Gasteiger charge is -2.39. The summed E-state index contributed by atoms with van der Waals surface area (Å²) in [7, 11) is -1.63. The molecule has 8 heteroatoms. The summed E-state index contributed by atoms with van der Waals surface area (Å²) >= 11 is 0. The fourth-order valence-electron chi connectivity index (χ4n) is 2.98. The summed E-state index contributed by atoms with van der Waals surface area (Å²) in [5.41, 5.74) is -0.0463. The molecule has 1 N–H and O–H groups in total. The van der Waals surface area contributed by atoms with Crippen molar-refractivity contribution < 1.29 is 22.3 Å². The lowest BCUT2D eigenvalue weighted by molar-refractivity contribution is -0.123. The number of ether oxygens (including phenoxy) is 1. The number of carbonyl (C=O) groups excluding carboxylic acids is 1. The first kappa shape index (κ1) is 19.8. The topological polar surface area (TPSA) is 75.7 Å². The Kier molecular flexibility index (Phi) is 6.53. The Hall–Kier alpha value is -1.51. The molecule has 1 amide bonds. The summed E-state index contributed by atoms with van der Waals surface area (Å²) in [6.07, 6.45) is 2.75. The number of halogens is 1. The first-order valence-corrected chi connectivity index (χ1v) is 10.1. The molecule has 1 aromatic carbocycles. The molecule has 2 rings (SSSR count). The van der Waals surface area contributed by atoms with E-state index < -0.39 is 15.6 Å². The van der Waals surface area contributed by atoms with Gasteiger partial charge in [-0.2, -0.15) is 0 Å². The predicted molar refractivity (Wildman–Crippen MR) is 93.1 cm³/mol. The monoisotopic (exact) mass is 372 g/mol. The first-order chi connectivity index (χ1) is 11.8. The van der Waals surface area contributed by atoms with Crippen molar-refractivity contribution in [2.75, 3.05) is 33.0 Å². The van der Waals surface area contributed by atoms with Crippen molar-refractivity contribution in [2.45, 2.75) is 31.3 Å². The smallest absolute Gasteiger partial charge is 0.220 e. The van der Waals surface area contributed by atoms with Gasteiger partial charge in [0.1, 0.15) is 5.82 Å². The van der Waals surface area contributed by atoms with E-state index in [-0.39, 0.29) is 18.1 Å². The second kappa shape index (κ2) is 8.25. The van der Waals surface area contributed by atoms with Crippen LogP contribution in [0.4, 0.5) is 4.39 Å². The van der Waals surface area contributed by atoms with E-state index in [0.29, 0.717) is 44.5 Å². The van der Waals surface area contributed by atoms with Crippen molar-refractivity contribution in [1.82, 2.24) is 9.62 Å². The second-order valence-electron chi connectivity index (χ2n) is 6.42. The summed E-state index contributed by atoms with van der Waals surface area (Å²) in [6.45, 7) is 1.06. The van der Waals surface area contributed by atoms with Gasteiger partial charge in [0.15, 0.2) is 0 Å². The summed E-state index contributed by atoms with van der Waals surface area (Å²) in [5.74, 6) is -0.484. The van der Waals surface area contributed by atoms with Crippen LogP contribution in [0.1, 0.15) is 24.8 Å². The predicted octanol–water partition coefficient (Wildman–Crippen LogP) is 1.32. The van der Waals surface area contributed by atoms with E-state index in [0.717, 1.165) is 0 Å². The van der Waals surface area contributed by atoms with Crippen LogP contribution in [-0.4, -0.2) is 57.2 Å². The Morgan fingerprint density at radius 1 is 1.32 bits per heavy atom. The Labute approximate surface area is 148 Å². The SMILES string of the molecule is COC1(CNC(=O)CCc2ccccc2F)CCN(S(C)(=O)=O)CC1. The molecule has 0 aliphatic carbocycles. The van der Waals surface area contributed by atoms with E-state index in [2.05, 4.69) is 5.32 Å². The third kappa shape index (κ3) is 5.49. The summed E-state index contributed by atoms with van der Waals surface area (Å²) in [4.78, 5) is 12.1. The average molecular weight is 372 g/mol. The maximum Gasteiger partial charge on any atom is 0.220 e. The largest absolute Gasteiger partial charge is 0.376 e. The zero-order valence-electron chi connectivity index (χ0n) is 14.6. The highest BCUT2D eigenvalue weighted by atomic mass is 32.2. The molecule has 25 heavy (non-hydrogen) atoms. The molecule has 0 saturated carbocycles. The molecule has 6 nitrogen and oxygen atoms in total. The average Bonchev–Trinajstić information content (AvgIpc) is 2.59. The van der Waals surface area contributed by atoms with Crippen molar-refractivity contribution in [3.05, 3.63) is 35.6 Å². The minimum Gasteiger partial charge on any atom is -0.376 e. The molecule has 0 spiro atoms. The van der Waals surface area contributed by atoms with Gasteiger partial charge in [-0.25, -0.2) is 17.1 Å². The van der Waals surface area contributed by atoms with Gasteiger partial charge in [-0.1, -0.05) is 18.2 Å². The lowest BCUT2D eigenvalue weighted by Crippen LogP contribution is -2.53. The molecular formula is C17H25FN2O4S. The van der Waals surface area contributed by atoms with Crippen molar-refractivity contribution in [1.29, 1.82) is 0 Å². The van der Waals surface area contributed by atoms with Crippen molar-refractivity contribution >= 4 is 15.9 Å². The van der Waals surface area contributed by atoms with Crippen LogP contribution in [0.2, 0.25) is 0 Å². The summed E-state index contributed by atoms with van der Waals surface area (Å²) < 4.78 is 43.7. The summed E-state index contributed by atoms with van der Waals surface area (Å²) in [6, 6.07) is 6.40. The molecule has 0 radical (unpaired) electrons. The van der Waals surface area contributed by atoms with Crippen molar-refractivity contribution in [3.63, 3.8) is 0 Å². The molecule has 0 bridgehead atoms. The van der Waals surface area contributed by atoms with Crippen LogP contribution in [0.15, 0.2) is 24.3 Å². The Bertz CT molecular complexity index is 700.